The van der Waals surface area contributed by atoms with E-state index in [0.29, 0.717) is 13.2 Å². The average Bonchev–Trinajstić information content (AvgIpc) is 1.87. The van der Waals surface area contributed by atoms with Gasteiger partial charge < -0.3 is 15.6 Å². The molecule has 0 aromatic rings. The summed E-state index contributed by atoms with van der Waals surface area (Å²) in [5, 5.41) is 9.61. The number of hydrogen-bond donors (Lipinski definition) is 2. The molecule has 0 bridgehead atoms. The first kappa shape index (κ1) is 8.97. The Bertz CT molecular complexity index is 118. The number of aliphatic hydroxyl groups excluding tert-OH is 1. The molecule has 66 valence electrons. The molecular formula is C8H17NO2. The molecule has 0 heterocycles. The zero-order chi connectivity index (χ0) is 8.32. The van der Waals surface area contributed by atoms with Crippen LogP contribution in [0.4, 0.5) is 0 Å². The predicted molar refractivity (Wildman–Crippen MR) is 43.2 cm³/mol. The van der Waals surface area contributed by atoms with E-state index in [1.807, 2.05) is 0 Å². The van der Waals surface area contributed by atoms with Crippen LogP contribution < -0.4 is 5.73 Å². The molecule has 0 aromatic heterocycles. The SMILES string of the molecule is COCC(O)C1(CN)CCC1. The second kappa shape index (κ2) is 3.52. The maximum Gasteiger partial charge on any atom is 0.0841 e. The number of ether oxygens (including phenoxy) is 1. The Balaban J connectivity index is 2.40. The van der Waals surface area contributed by atoms with Crippen LogP contribution in [0.3, 0.4) is 0 Å². The summed E-state index contributed by atoms with van der Waals surface area (Å²) < 4.78 is 4.88. The van der Waals surface area contributed by atoms with Crippen LogP contribution in [-0.4, -0.2) is 31.5 Å². The Morgan fingerprint density at radius 1 is 1.64 bits per heavy atom. The summed E-state index contributed by atoms with van der Waals surface area (Å²) >= 11 is 0. The first-order valence-corrected chi connectivity index (χ1v) is 4.12. The number of hydrogen-bond acceptors (Lipinski definition) is 3. The van der Waals surface area contributed by atoms with Crippen molar-refractivity contribution in [2.45, 2.75) is 25.4 Å². The molecule has 1 aliphatic rings. The maximum absolute atomic E-state index is 9.61. The van der Waals surface area contributed by atoms with Crippen LogP contribution in [-0.2, 0) is 4.74 Å². The van der Waals surface area contributed by atoms with Crippen LogP contribution in [0.5, 0.6) is 0 Å². The second-order valence-corrected chi connectivity index (χ2v) is 3.39. The lowest BCUT2D eigenvalue weighted by molar-refractivity contribution is -0.0657. The number of methoxy groups -OCH3 is 1. The minimum Gasteiger partial charge on any atom is -0.390 e. The molecule has 0 aliphatic heterocycles. The molecule has 1 fully saturated rings. The third kappa shape index (κ3) is 1.55. The summed E-state index contributed by atoms with van der Waals surface area (Å²) in [6.07, 6.45) is 2.92. The Kier molecular flexibility index (Phi) is 2.87. The molecule has 0 aromatic carbocycles. The third-order valence-electron chi connectivity index (χ3n) is 2.79. The molecule has 0 amide bonds. The molecule has 1 saturated carbocycles. The van der Waals surface area contributed by atoms with Crippen molar-refractivity contribution in [2.75, 3.05) is 20.3 Å². The summed E-state index contributed by atoms with van der Waals surface area (Å²) in [5.74, 6) is 0. The Hall–Kier alpha value is -0.120. The van der Waals surface area contributed by atoms with Crippen molar-refractivity contribution in [3.63, 3.8) is 0 Å². The van der Waals surface area contributed by atoms with Gasteiger partial charge in [0.15, 0.2) is 0 Å². The highest BCUT2D eigenvalue weighted by Gasteiger charge is 2.41. The number of aliphatic hydroxyl groups is 1. The Labute approximate surface area is 67.5 Å². The highest BCUT2D eigenvalue weighted by molar-refractivity contribution is 4.94. The van der Waals surface area contributed by atoms with Crippen molar-refractivity contribution in [1.29, 1.82) is 0 Å². The van der Waals surface area contributed by atoms with Gasteiger partial charge in [0, 0.05) is 19.1 Å². The first-order valence-electron chi connectivity index (χ1n) is 4.12. The molecule has 1 unspecified atom stereocenters. The van der Waals surface area contributed by atoms with Crippen LogP contribution in [0, 0.1) is 5.41 Å². The summed E-state index contributed by atoms with van der Waals surface area (Å²) in [6.45, 7) is 0.995. The molecule has 1 rings (SSSR count). The van der Waals surface area contributed by atoms with E-state index in [1.54, 1.807) is 7.11 Å². The van der Waals surface area contributed by atoms with Gasteiger partial charge in [-0.2, -0.15) is 0 Å². The van der Waals surface area contributed by atoms with Gasteiger partial charge in [0.25, 0.3) is 0 Å². The van der Waals surface area contributed by atoms with E-state index in [2.05, 4.69) is 0 Å². The molecule has 3 nitrogen and oxygen atoms in total. The maximum atomic E-state index is 9.61. The quantitative estimate of drug-likeness (QED) is 0.612. The molecule has 11 heavy (non-hydrogen) atoms. The minimum atomic E-state index is -0.369. The van der Waals surface area contributed by atoms with Gasteiger partial charge in [0.05, 0.1) is 12.7 Å². The van der Waals surface area contributed by atoms with E-state index in [4.69, 9.17) is 10.5 Å². The van der Waals surface area contributed by atoms with Crippen molar-refractivity contribution < 1.29 is 9.84 Å². The fraction of sp³-hybridized carbons (Fsp3) is 1.00. The van der Waals surface area contributed by atoms with Gasteiger partial charge in [0.2, 0.25) is 0 Å². The van der Waals surface area contributed by atoms with Crippen LogP contribution in [0.2, 0.25) is 0 Å². The highest BCUT2D eigenvalue weighted by atomic mass is 16.5. The van der Waals surface area contributed by atoms with E-state index in [-0.39, 0.29) is 11.5 Å². The lowest BCUT2D eigenvalue weighted by atomic mass is 9.65. The van der Waals surface area contributed by atoms with E-state index in [9.17, 15) is 5.11 Å². The highest BCUT2D eigenvalue weighted by Crippen LogP contribution is 2.42. The van der Waals surface area contributed by atoms with Crippen LogP contribution in [0.1, 0.15) is 19.3 Å². The Morgan fingerprint density at radius 2 is 2.27 bits per heavy atom. The third-order valence-corrected chi connectivity index (χ3v) is 2.79. The fourth-order valence-electron chi connectivity index (χ4n) is 1.64. The van der Waals surface area contributed by atoms with Gasteiger partial charge >= 0.3 is 0 Å². The van der Waals surface area contributed by atoms with Crippen molar-refractivity contribution in [3.8, 4) is 0 Å². The topological polar surface area (TPSA) is 55.5 Å². The van der Waals surface area contributed by atoms with Crippen LogP contribution in [0.25, 0.3) is 0 Å². The zero-order valence-electron chi connectivity index (χ0n) is 7.05. The molecule has 0 spiro atoms. The largest absolute Gasteiger partial charge is 0.390 e. The molecule has 1 atom stereocenters. The van der Waals surface area contributed by atoms with Crippen LogP contribution in [0.15, 0.2) is 0 Å². The van der Waals surface area contributed by atoms with Gasteiger partial charge in [-0.15, -0.1) is 0 Å². The first-order chi connectivity index (χ1) is 5.25. The molecule has 3 N–H and O–H groups in total. The van der Waals surface area contributed by atoms with E-state index >= 15 is 0 Å². The Morgan fingerprint density at radius 3 is 2.55 bits per heavy atom. The normalized spacial score (nSPS) is 24.3. The van der Waals surface area contributed by atoms with Gasteiger partial charge in [0.1, 0.15) is 0 Å². The van der Waals surface area contributed by atoms with Gasteiger partial charge in [-0.3, -0.25) is 0 Å². The number of rotatable bonds is 4. The molecular weight excluding hydrogens is 142 g/mol. The zero-order valence-corrected chi connectivity index (χ0v) is 7.05. The van der Waals surface area contributed by atoms with E-state index in [1.165, 1.54) is 6.42 Å². The van der Waals surface area contributed by atoms with Crippen molar-refractivity contribution in [2.24, 2.45) is 11.1 Å². The molecule has 3 heteroatoms. The van der Waals surface area contributed by atoms with Gasteiger partial charge in [-0.05, 0) is 12.8 Å². The monoisotopic (exact) mass is 159 g/mol. The summed E-state index contributed by atoms with van der Waals surface area (Å²) in [5.41, 5.74) is 5.57. The summed E-state index contributed by atoms with van der Waals surface area (Å²) in [7, 11) is 1.60. The lowest BCUT2D eigenvalue weighted by Gasteiger charge is -2.44. The van der Waals surface area contributed by atoms with Crippen LogP contribution >= 0.6 is 0 Å². The van der Waals surface area contributed by atoms with Crippen molar-refractivity contribution in [3.05, 3.63) is 0 Å². The average molecular weight is 159 g/mol. The number of nitrogens with two attached hydrogens (primary N) is 1. The second-order valence-electron chi connectivity index (χ2n) is 3.39. The molecule has 0 radical (unpaired) electrons. The van der Waals surface area contributed by atoms with Crippen molar-refractivity contribution in [1.82, 2.24) is 0 Å². The van der Waals surface area contributed by atoms with Gasteiger partial charge in [-0.1, -0.05) is 6.42 Å². The van der Waals surface area contributed by atoms with E-state index in [0.717, 1.165) is 12.8 Å². The van der Waals surface area contributed by atoms with E-state index < -0.39 is 0 Å². The standard InChI is InChI=1S/C8H17NO2/c1-11-5-7(10)8(6-9)3-2-4-8/h7,10H,2-6,9H2,1H3. The lowest BCUT2D eigenvalue weighted by Crippen LogP contribution is -2.48. The molecule has 0 saturated heterocycles. The smallest absolute Gasteiger partial charge is 0.0841 e. The predicted octanol–water partition coefficient (Wildman–Crippen LogP) is 0.123. The van der Waals surface area contributed by atoms with Crippen molar-refractivity contribution >= 4 is 0 Å². The minimum absolute atomic E-state index is 0.0178. The summed E-state index contributed by atoms with van der Waals surface area (Å²) in [4.78, 5) is 0. The summed E-state index contributed by atoms with van der Waals surface area (Å²) in [6, 6.07) is 0. The van der Waals surface area contributed by atoms with Gasteiger partial charge in [-0.25, -0.2) is 0 Å². The molecule has 1 aliphatic carbocycles. The fourth-order valence-corrected chi connectivity index (χ4v) is 1.64.